The Labute approximate surface area is 129 Å². The summed E-state index contributed by atoms with van der Waals surface area (Å²) in [5.74, 6) is -0.417. The van der Waals surface area contributed by atoms with E-state index in [1.807, 2.05) is 0 Å². The smallest absolute Gasteiger partial charge is 0.323 e. The highest BCUT2D eigenvalue weighted by atomic mass is 32.2. The Bertz CT molecular complexity index is 712. The van der Waals surface area contributed by atoms with Gasteiger partial charge in [-0.1, -0.05) is 18.2 Å². The van der Waals surface area contributed by atoms with Gasteiger partial charge in [0.1, 0.15) is 5.54 Å². The van der Waals surface area contributed by atoms with Gasteiger partial charge in [-0.2, -0.15) is 0 Å². The predicted molar refractivity (Wildman–Crippen MR) is 79.9 cm³/mol. The van der Waals surface area contributed by atoms with Gasteiger partial charge in [0.25, 0.3) is 5.91 Å². The normalized spacial score (nSPS) is 25.4. The minimum absolute atomic E-state index is 0.121. The lowest BCUT2D eigenvalue weighted by Crippen LogP contribution is -2.46. The lowest BCUT2D eigenvalue weighted by Gasteiger charge is -2.20. The third-order valence-electron chi connectivity index (χ3n) is 4.38. The number of carbonyl (C=O) groups is 2. The maximum Gasteiger partial charge on any atom is 0.325 e. The highest BCUT2D eigenvalue weighted by Gasteiger charge is 2.55. The quantitative estimate of drug-likeness (QED) is 0.825. The molecule has 118 valence electrons. The Balaban J connectivity index is 1.72. The first-order valence-electron chi connectivity index (χ1n) is 7.26. The molecule has 0 aromatic heterocycles. The van der Waals surface area contributed by atoms with Crippen LogP contribution in [0.1, 0.15) is 19.8 Å². The third kappa shape index (κ3) is 2.49. The molecule has 0 unspecified atom stereocenters. The van der Waals surface area contributed by atoms with Crippen LogP contribution < -0.4 is 5.32 Å². The topological polar surface area (TPSA) is 83.6 Å². The summed E-state index contributed by atoms with van der Waals surface area (Å²) >= 11 is 0. The molecule has 1 saturated heterocycles. The molecule has 2 fully saturated rings. The van der Waals surface area contributed by atoms with E-state index in [1.54, 1.807) is 25.1 Å². The number of nitrogens with zero attached hydrogens (tertiary/aromatic N) is 1. The number of urea groups is 1. The van der Waals surface area contributed by atoms with Crippen LogP contribution in [0.2, 0.25) is 0 Å². The number of hydrogen-bond donors (Lipinski definition) is 1. The molecule has 0 radical (unpaired) electrons. The SMILES string of the molecule is C[C@@]1(C2CC2)NC(=O)N(CCS(=O)(=O)c2ccccc2)C1=O. The second kappa shape index (κ2) is 5.08. The number of imide groups is 1. The van der Waals surface area contributed by atoms with Crippen molar-refractivity contribution in [3.05, 3.63) is 30.3 Å². The van der Waals surface area contributed by atoms with Crippen LogP contribution in [0, 0.1) is 5.92 Å². The minimum atomic E-state index is -3.51. The number of amides is 3. The molecule has 1 aliphatic carbocycles. The molecule has 1 atom stereocenters. The van der Waals surface area contributed by atoms with Crippen molar-refractivity contribution < 1.29 is 18.0 Å². The van der Waals surface area contributed by atoms with Crippen LogP contribution in [0.5, 0.6) is 0 Å². The van der Waals surface area contributed by atoms with Crippen LogP contribution >= 0.6 is 0 Å². The summed E-state index contributed by atoms with van der Waals surface area (Å²) in [6.07, 6.45) is 1.83. The number of benzene rings is 1. The van der Waals surface area contributed by atoms with Crippen molar-refractivity contribution in [2.24, 2.45) is 5.92 Å². The number of rotatable bonds is 5. The van der Waals surface area contributed by atoms with Gasteiger partial charge < -0.3 is 5.32 Å². The van der Waals surface area contributed by atoms with Crippen molar-refractivity contribution in [1.82, 2.24) is 10.2 Å². The van der Waals surface area contributed by atoms with Crippen LogP contribution in [-0.4, -0.2) is 43.1 Å². The molecule has 2 aliphatic rings. The van der Waals surface area contributed by atoms with Gasteiger partial charge in [-0.05, 0) is 37.8 Å². The molecular weight excluding hydrogens is 304 g/mol. The second-order valence-corrected chi connectivity index (χ2v) is 8.10. The summed E-state index contributed by atoms with van der Waals surface area (Å²) in [5, 5.41) is 2.71. The fraction of sp³-hybridized carbons (Fsp3) is 0.467. The summed E-state index contributed by atoms with van der Waals surface area (Å²) in [4.78, 5) is 25.6. The fourth-order valence-corrected chi connectivity index (χ4v) is 4.04. The van der Waals surface area contributed by atoms with E-state index in [-0.39, 0.29) is 29.0 Å². The van der Waals surface area contributed by atoms with E-state index in [0.29, 0.717) is 0 Å². The monoisotopic (exact) mass is 322 g/mol. The van der Waals surface area contributed by atoms with E-state index in [1.165, 1.54) is 12.1 Å². The third-order valence-corrected chi connectivity index (χ3v) is 6.09. The number of carbonyl (C=O) groups excluding carboxylic acids is 2. The summed E-state index contributed by atoms with van der Waals surface area (Å²) in [6, 6.07) is 7.54. The van der Waals surface area contributed by atoms with E-state index in [0.717, 1.165) is 17.7 Å². The van der Waals surface area contributed by atoms with Gasteiger partial charge >= 0.3 is 6.03 Å². The summed E-state index contributed by atoms with van der Waals surface area (Å²) in [7, 11) is -3.51. The largest absolute Gasteiger partial charge is 0.325 e. The van der Waals surface area contributed by atoms with Crippen molar-refractivity contribution in [3.63, 3.8) is 0 Å². The van der Waals surface area contributed by atoms with Crippen molar-refractivity contribution in [1.29, 1.82) is 0 Å². The molecule has 7 heteroatoms. The molecule has 0 spiro atoms. The van der Waals surface area contributed by atoms with E-state index < -0.39 is 21.4 Å². The van der Waals surface area contributed by atoms with Crippen molar-refractivity contribution in [2.75, 3.05) is 12.3 Å². The molecule has 3 amide bonds. The van der Waals surface area contributed by atoms with E-state index in [4.69, 9.17) is 0 Å². The van der Waals surface area contributed by atoms with Crippen molar-refractivity contribution >= 4 is 21.8 Å². The number of sulfone groups is 1. The molecule has 1 aromatic carbocycles. The Morgan fingerprint density at radius 1 is 1.23 bits per heavy atom. The van der Waals surface area contributed by atoms with Gasteiger partial charge in [0.2, 0.25) is 0 Å². The summed E-state index contributed by atoms with van der Waals surface area (Å²) in [6.45, 7) is 1.60. The van der Waals surface area contributed by atoms with Gasteiger partial charge in [0, 0.05) is 6.54 Å². The summed E-state index contributed by atoms with van der Waals surface area (Å²) in [5.41, 5.74) is -0.867. The lowest BCUT2D eigenvalue weighted by atomic mass is 9.96. The Hall–Kier alpha value is -1.89. The molecule has 0 bridgehead atoms. The van der Waals surface area contributed by atoms with Crippen LogP contribution in [-0.2, 0) is 14.6 Å². The first-order chi connectivity index (χ1) is 10.3. The number of hydrogen-bond acceptors (Lipinski definition) is 4. The van der Waals surface area contributed by atoms with Gasteiger partial charge in [-0.25, -0.2) is 13.2 Å². The fourth-order valence-electron chi connectivity index (χ4n) is 2.81. The Morgan fingerprint density at radius 3 is 2.45 bits per heavy atom. The predicted octanol–water partition coefficient (Wildman–Crippen LogP) is 1.18. The molecule has 1 heterocycles. The zero-order valence-corrected chi connectivity index (χ0v) is 13.1. The summed E-state index contributed by atoms with van der Waals surface area (Å²) < 4.78 is 24.5. The van der Waals surface area contributed by atoms with E-state index in [2.05, 4.69) is 5.32 Å². The van der Waals surface area contributed by atoms with Crippen molar-refractivity contribution in [2.45, 2.75) is 30.2 Å². The average molecular weight is 322 g/mol. The van der Waals surface area contributed by atoms with Crippen LogP contribution in [0.15, 0.2) is 35.2 Å². The molecule has 6 nitrogen and oxygen atoms in total. The highest BCUT2D eigenvalue weighted by molar-refractivity contribution is 7.91. The molecular formula is C15H18N2O4S. The van der Waals surface area contributed by atoms with Crippen LogP contribution in [0.4, 0.5) is 4.79 Å². The van der Waals surface area contributed by atoms with Gasteiger partial charge in [0.05, 0.1) is 10.6 Å². The lowest BCUT2D eigenvalue weighted by molar-refractivity contribution is -0.131. The Kier molecular flexibility index (Phi) is 3.47. The zero-order valence-electron chi connectivity index (χ0n) is 12.3. The highest BCUT2D eigenvalue weighted by Crippen LogP contribution is 2.42. The maximum absolute atomic E-state index is 12.4. The molecule has 1 saturated carbocycles. The van der Waals surface area contributed by atoms with E-state index >= 15 is 0 Å². The molecule has 1 N–H and O–H groups in total. The van der Waals surface area contributed by atoms with Gasteiger partial charge in [-0.15, -0.1) is 0 Å². The van der Waals surface area contributed by atoms with Gasteiger partial charge in [-0.3, -0.25) is 9.69 Å². The first kappa shape index (κ1) is 15.0. The number of nitrogens with one attached hydrogen (secondary N) is 1. The van der Waals surface area contributed by atoms with Crippen LogP contribution in [0.3, 0.4) is 0 Å². The first-order valence-corrected chi connectivity index (χ1v) is 8.92. The minimum Gasteiger partial charge on any atom is -0.323 e. The van der Waals surface area contributed by atoms with Gasteiger partial charge in [0.15, 0.2) is 9.84 Å². The average Bonchev–Trinajstić information content (AvgIpc) is 3.30. The Morgan fingerprint density at radius 2 is 1.86 bits per heavy atom. The molecule has 3 rings (SSSR count). The van der Waals surface area contributed by atoms with Crippen molar-refractivity contribution in [3.8, 4) is 0 Å². The van der Waals surface area contributed by atoms with E-state index in [9.17, 15) is 18.0 Å². The zero-order chi connectivity index (χ0) is 16.0. The maximum atomic E-state index is 12.4. The standard InChI is InChI=1S/C15H18N2O4S/c1-15(11-7-8-11)13(18)17(14(19)16-15)9-10-22(20,21)12-5-3-2-4-6-12/h2-6,11H,7-10H2,1H3,(H,16,19)/t15-/m0/s1. The molecule has 22 heavy (non-hydrogen) atoms. The molecule has 1 aromatic rings. The second-order valence-electron chi connectivity index (χ2n) is 6.00. The van der Waals surface area contributed by atoms with Crippen LogP contribution in [0.25, 0.3) is 0 Å². The molecule has 1 aliphatic heterocycles.